The van der Waals surface area contributed by atoms with Crippen molar-refractivity contribution >= 4 is 5.69 Å². The molecule has 2 heterocycles. The van der Waals surface area contributed by atoms with Crippen molar-refractivity contribution in [3.05, 3.63) is 58.7 Å². The number of aliphatic hydroxyl groups is 1. The molecule has 0 aliphatic carbocycles. The molecule has 2 aliphatic rings. The largest absolute Gasteiger partial charge is 0.493 e. The predicted molar refractivity (Wildman–Crippen MR) is 105 cm³/mol. The normalized spacial score (nSPS) is 18.5. The summed E-state index contributed by atoms with van der Waals surface area (Å²) in [4.78, 5) is 4.84. The number of rotatable bonds is 4. The number of hydrogen-bond acceptors (Lipinski definition) is 4. The van der Waals surface area contributed by atoms with Gasteiger partial charge >= 0.3 is 0 Å². The first-order valence-corrected chi connectivity index (χ1v) is 9.58. The zero-order chi connectivity index (χ0) is 18.1. The second kappa shape index (κ2) is 7.29. The van der Waals surface area contributed by atoms with Gasteiger partial charge in [-0.2, -0.15) is 0 Å². The van der Waals surface area contributed by atoms with E-state index in [4.69, 9.17) is 4.74 Å². The van der Waals surface area contributed by atoms with Crippen molar-refractivity contribution in [3.63, 3.8) is 0 Å². The van der Waals surface area contributed by atoms with Crippen molar-refractivity contribution in [2.75, 3.05) is 44.2 Å². The van der Waals surface area contributed by atoms with Crippen molar-refractivity contribution in [1.82, 2.24) is 4.90 Å². The van der Waals surface area contributed by atoms with Crippen LogP contribution in [0.3, 0.4) is 0 Å². The van der Waals surface area contributed by atoms with Crippen molar-refractivity contribution in [1.29, 1.82) is 0 Å². The zero-order valence-corrected chi connectivity index (χ0v) is 15.7. The fourth-order valence-electron chi connectivity index (χ4n) is 4.00. The molecule has 2 aromatic carbocycles. The molecule has 0 aromatic heterocycles. The van der Waals surface area contributed by atoms with Gasteiger partial charge in [-0.1, -0.05) is 18.2 Å². The van der Waals surface area contributed by atoms with Crippen LogP contribution in [0.1, 0.15) is 28.4 Å². The predicted octanol–water partition coefficient (Wildman–Crippen LogP) is 3.09. The number of β-amino-alcohol motifs (C(OH)–C–C–N with tert-alkyl or cyclic N) is 1. The molecule has 0 saturated carbocycles. The van der Waals surface area contributed by atoms with Gasteiger partial charge in [-0.3, -0.25) is 4.90 Å². The van der Waals surface area contributed by atoms with E-state index in [1.807, 2.05) is 12.1 Å². The average Bonchev–Trinajstić information content (AvgIpc) is 3.12. The Morgan fingerprint density at radius 1 is 1.04 bits per heavy atom. The maximum Gasteiger partial charge on any atom is 0.122 e. The van der Waals surface area contributed by atoms with Crippen LogP contribution in [-0.2, 0) is 6.42 Å². The van der Waals surface area contributed by atoms with Crippen molar-refractivity contribution < 1.29 is 9.84 Å². The van der Waals surface area contributed by atoms with E-state index in [9.17, 15) is 5.11 Å². The highest BCUT2D eigenvalue weighted by atomic mass is 16.5. The summed E-state index contributed by atoms with van der Waals surface area (Å²) >= 11 is 0. The molecule has 1 fully saturated rings. The lowest BCUT2D eigenvalue weighted by atomic mass is 10.0. The summed E-state index contributed by atoms with van der Waals surface area (Å²) in [6, 6.07) is 12.8. The highest BCUT2D eigenvalue weighted by Gasteiger charge is 2.22. The smallest absolute Gasteiger partial charge is 0.122 e. The average molecular weight is 352 g/mol. The summed E-state index contributed by atoms with van der Waals surface area (Å²) in [5.41, 5.74) is 6.23. The van der Waals surface area contributed by atoms with Gasteiger partial charge in [0.15, 0.2) is 0 Å². The van der Waals surface area contributed by atoms with Gasteiger partial charge in [0.25, 0.3) is 0 Å². The molecule has 4 heteroatoms. The second-order valence-electron chi connectivity index (χ2n) is 7.56. The highest BCUT2D eigenvalue weighted by Crippen LogP contribution is 2.29. The van der Waals surface area contributed by atoms with E-state index < -0.39 is 6.10 Å². The first-order chi connectivity index (χ1) is 12.6. The second-order valence-corrected chi connectivity index (χ2v) is 7.56. The number of aliphatic hydroxyl groups excluding tert-OH is 1. The molecule has 1 saturated heterocycles. The van der Waals surface area contributed by atoms with Gasteiger partial charge in [0.2, 0.25) is 0 Å². The molecule has 0 bridgehead atoms. The van der Waals surface area contributed by atoms with Crippen LogP contribution in [0.25, 0.3) is 0 Å². The summed E-state index contributed by atoms with van der Waals surface area (Å²) in [6.07, 6.45) is 0.512. The van der Waals surface area contributed by atoms with E-state index in [1.165, 1.54) is 22.4 Å². The molecule has 1 N–H and O–H groups in total. The van der Waals surface area contributed by atoms with Crippen LogP contribution < -0.4 is 9.64 Å². The first kappa shape index (κ1) is 17.4. The Bertz CT molecular complexity index is 782. The molecular formula is C22H28N2O2. The molecule has 1 atom stereocenters. The molecule has 0 amide bonds. The Kier molecular flexibility index (Phi) is 4.88. The third kappa shape index (κ3) is 3.57. The maximum absolute atomic E-state index is 10.7. The molecule has 4 rings (SSSR count). The van der Waals surface area contributed by atoms with Gasteiger partial charge in [-0.05, 0) is 54.3 Å². The summed E-state index contributed by atoms with van der Waals surface area (Å²) in [6.45, 7) is 9.77. The van der Waals surface area contributed by atoms with Crippen LogP contribution >= 0.6 is 0 Å². The lowest BCUT2D eigenvalue weighted by Gasteiger charge is -2.37. The van der Waals surface area contributed by atoms with E-state index in [2.05, 4.69) is 47.9 Å². The molecule has 0 spiro atoms. The van der Waals surface area contributed by atoms with Crippen LogP contribution in [0.4, 0.5) is 5.69 Å². The Morgan fingerprint density at radius 2 is 1.85 bits per heavy atom. The molecule has 0 unspecified atom stereocenters. The third-order valence-corrected chi connectivity index (χ3v) is 5.61. The summed E-state index contributed by atoms with van der Waals surface area (Å²) in [5, 5.41) is 10.7. The lowest BCUT2D eigenvalue weighted by molar-refractivity contribution is 0.109. The van der Waals surface area contributed by atoms with Gasteiger partial charge in [-0.15, -0.1) is 0 Å². The Hall–Kier alpha value is -2.04. The fraction of sp³-hybridized carbons (Fsp3) is 0.455. The Balaban J connectivity index is 1.35. The molecular weight excluding hydrogens is 324 g/mol. The zero-order valence-electron chi connectivity index (χ0n) is 15.7. The third-order valence-electron chi connectivity index (χ3n) is 5.61. The number of ether oxygens (including phenoxy) is 1. The van der Waals surface area contributed by atoms with Crippen molar-refractivity contribution in [3.8, 4) is 5.75 Å². The van der Waals surface area contributed by atoms with E-state index in [0.717, 1.165) is 50.5 Å². The van der Waals surface area contributed by atoms with Crippen molar-refractivity contribution in [2.45, 2.75) is 26.4 Å². The number of hydrogen-bond donors (Lipinski definition) is 1. The fourth-order valence-corrected chi connectivity index (χ4v) is 4.00. The molecule has 26 heavy (non-hydrogen) atoms. The van der Waals surface area contributed by atoms with Gasteiger partial charge in [0.05, 0.1) is 12.7 Å². The minimum atomic E-state index is -0.437. The number of aryl methyl sites for hydroxylation is 2. The number of piperazine rings is 1. The van der Waals surface area contributed by atoms with Gasteiger partial charge in [0.1, 0.15) is 5.75 Å². The molecule has 138 valence electrons. The molecule has 4 nitrogen and oxygen atoms in total. The van der Waals surface area contributed by atoms with Crippen LogP contribution in [0, 0.1) is 13.8 Å². The topological polar surface area (TPSA) is 35.9 Å². The minimum absolute atomic E-state index is 0.437. The molecule has 2 aliphatic heterocycles. The molecule has 2 aromatic rings. The maximum atomic E-state index is 10.7. The van der Waals surface area contributed by atoms with E-state index in [1.54, 1.807) is 0 Å². The van der Waals surface area contributed by atoms with Crippen LogP contribution in [0.5, 0.6) is 5.75 Å². The monoisotopic (exact) mass is 352 g/mol. The lowest BCUT2D eigenvalue weighted by Crippen LogP contribution is -2.47. The first-order valence-electron chi connectivity index (χ1n) is 9.58. The van der Waals surface area contributed by atoms with E-state index >= 15 is 0 Å². The van der Waals surface area contributed by atoms with E-state index in [0.29, 0.717) is 6.54 Å². The number of anilines is 1. The standard InChI is InChI=1S/C22H28N2O2/c1-16-3-4-17(2)20(13-16)24-10-8-23(9-11-24)15-21(25)18-5-6-22-19(14-18)7-12-26-22/h3-6,13-14,21,25H,7-12,15H2,1-2H3/t21-/m1/s1. The minimum Gasteiger partial charge on any atom is -0.493 e. The van der Waals surface area contributed by atoms with E-state index in [-0.39, 0.29) is 0 Å². The summed E-state index contributed by atoms with van der Waals surface area (Å²) in [7, 11) is 0. The van der Waals surface area contributed by atoms with Gasteiger partial charge < -0.3 is 14.7 Å². The molecule has 0 radical (unpaired) electrons. The van der Waals surface area contributed by atoms with Gasteiger partial charge in [-0.25, -0.2) is 0 Å². The van der Waals surface area contributed by atoms with Crippen LogP contribution in [0.2, 0.25) is 0 Å². The van der Waals surface area contributed by atoms with Crippen molar-refractivity contribution in [2.24, 2.45) is 0 Å². The van der Waals surface area contributed by atoms with Crippen LogP contribution in [0.15, 0.2) is 36.4 Å². The summed E-state index contributed by atoms with van der Waals surface area (Å²) < 4.78 is 5.56. The van der Waals surface area contributed by atoms with Gasteiger partial charge in [0, 0.05) is 44.8 Å². The quantitative estimate of drug-likeness (QED) is 0.917. The number of fused-ring (bicyclic) bond motifs is 1. The summed E-state index contributed by atoms with van der Waals surface area (Å²) in [5.74, 6) is 0.975. The number of benzene rings is 2. The highest BCUT2D eigenvalue weighted by molar-refractivity contribution is 5.55. The Morgan fingerprint density at radius 3 is 2.65 bits per heavy atom. The Labute approximate surface area is 156 Å². The van der Waals surface area contributed by atoms with Crippen LogP contribution in [-0.4, -0.2) is 49.3 Å². The number of nitrogens with zero attached hydrogens (tertiary/aromatic N) is 2. The SMILES string of the molecule is Cc1ccc(C)c(N2CCN(C[C@@H](O)c3ccc4c(c3)CCO4)CC2)c1.